The van der Waals surface area contributed by atoms with Crippen molar-refractivity contribution in [3.63, 3.8) is 0 Å². The van der Waals surface area contributed by atoms with Crippen LogP contribution in [0.3, 0.4) is 0 Å². The quantitative estimate of drug-likeness (QED) is 0.801. The predicted molar refractivity (Wildman–Crippen MR) is 80.4 cm³/mol. The van der Waals surface area contributed by atoms with Gasteiger partial charge in [0.1, 0.15) is 0 Å². The molecule has 1 aliphatic rings. The van der Waals surface area contributed by atoms with Gasteiger partial charge in [-0.15, -0.1) is 11.3 Å². The average Bonchev–Trinajstić information content (AvgIpc) is 3.07. The summed E-state index contributed by atoms with van der Waals surface area (Å²) < 4.78 is 33.0. The first-order chi connectivity index (χ1) is 9.54. The third-order valence-electron chi connectivity index (χ3n) is 3.54. The first kappa shape index (κ1) is 15.9. The fraction of sp³-hybridized carbons (Fsp3) is 0.692. The van der Waals surface area contributed by atoms with Crippen LogP contribution in [-0.4, -0.2) is 34.2 Å². The molecule has 0 aromatic carbocycles. The summed E-state index contributed by atoms with van der Waals surface area (Å²) in [7, 11) is -3.45. The number of nitrogens with one attached hydrogen (secondary N) is 2. The third-order valence-corrected chi connectivity index (χ3v) is 6.24. The van der Waals surface area contributed by atoms with Crippen LogP contribution in [0.1, 0.15) is 25.1 Å². The van der Waals surface area contributed by atoms with Gasteiger partial charge in [-0.2, -0.15) is 0 Å². The summed E-state index contributed by atoms with van der Waals surface area (Å²) in [4.78, 5) is 1.25. The van der Waals surface area contributed by atoms with Gasteiger partial charge in [-0.25, -0.2) is 13.1 Å². The van der Waals surface area contributed by atoms with E-state index in [0.717, 1.165) is 24.4 Å². The number of sulfonamides is 1. The van der Waals surface area contributed by atoms with Crippen LogP contribution in [0.2, 0.25) is 0 Å². The monoisotopic (exact) mass is 318 g/mol. The summed E-state index contributed by atoms with van der Waals surface area (Å²) in [6, 6.07) is 1.58. The number of thiophene rings is 1. The molecule has 1 aromatic heterocycles. The maximum Gasteiger partial charge on any atom is 0.241 e. The molecule has 0 aliphatic carbocycles. The Hall–Kier alpha value is -0.470. The van der Waals surface area contributed by atoms with Crippen molar-refractivity contribution in [2.24, 2.45) is 5.92 Å². The lowest BCUT2D eigenvalue weighted by molar-refractivity contribution is 0.180. The number of hydrogen-bond donors (Lipinski definition) is 2. The molecular formula is C13H22N2O3S2. The van der Waals surface area contributed by atoms with Gasteiger partial charge < -0.3 is 10.1 Å². The van der Waals surface area contributed by atoms with E-state index in [1.54, 1.807) is 6.07 Å². The Kier molecular flexibility index (Phi) is 5.57. The SMILES string of the molecule is CCNCc1sccc1S(=O)(=O)NC(C)C1CCOC1. The molecule has 20 heavy (non-hydrogen) atoms. The second kappa shape index (κ2) is 7.00. The van der Waals surface area contributed by atoms with Crippen LogP contribution in [0.5, 0.6) is 0 Å². The highest BCUT2D eigenvalue weighted by atomic mass is 32.2. The normalized spacial score (nSPS) is 21.2. The molecule has 0 bridgehead atoms. The molecule has 0 amide bonds. The summed E-state index contributed by atoms with van der Waals surface area (Å²) in [5.41, 5.74) is 0. The minimum Gasteiger partial charge on any atom is -0.381 e. The van der Waals surface area contributed by atoms with Crippen LogP contribution in [0.15, 0.2) is 16.3 Å². The van der Waals surface area contributed by atoms with Crippen molar-refractivity contribution in [2.75, 3.05) is 19.8 Å². The summed E-state index contributed by atoms with van der Waals surface area (Å²) >= 11 is 1.47. The van der Waals surface area contributed by atoms with Gasteiger partial charge in [0.2, 0.25) is 10.0 Å². The molecule has 2 rings (SSSR count). The Morgan fingerprint density at radius 2 is 2.35 bits per heavy atom. The highest BCUT2D eigenvalue weighted by Gasteiger charge is 2.28. The van der Waals surface area contributed by atoms with Crippen molar-refractivity contribution < 1.29 is 13.2 Å². The van der Waals surface area contributed by atoms with Crippen LogP contribution in [0.25, 0.3) is 0 Å². The zero-order chi connectivity index (χ0) is 14.6. The fourth-order valence-corrected chi connectivity index (χ4v) is 5.01. The van der Waals surface area contributed by atoms with Crippen molar-refractivity contribution in [1.29, 1.82) is 0 Å². The predicted octanol–water partition coefficient (Wildman–Crippen LogP) is 1.56. The Morgan fingerprint density at radius 1 is 1.55 bits per heavy atom. The Morgan fingerprint density at radius 3 is 3.00 bits per heavy atom. The highest BCUT2D eigenvalue weighted by molar-refractivity contribution is 7.89. The van der Waals surface area contributed by atoms with Crippen molar-refractivity contribution >= 4 is 21.4 Å². The van der Waals surface area contributed by atoms with Gasteiger partial charge in [0.25, 0.3) is 0 Å². The van der Waals surface area contributed by atoms with E-state index in [4.69, 9.17) is 4.74 Å². The first-order valence-corrected chi connectivity index (χ1v) is 9.28. The van der Waals surface area contributed by atoms with Crippen LogP contribution in [-0.2, 0) is 21.3 Å². The van der Waals surface area contributed by atoms with Gasteiger partial charge in [-0.3, -0.25) is 0 Å². The number of ether oxygens (including phenoxy) is 1. The van der Waals surface area contributed by atoms with Gasteiger partial charge in [-0.05, 0) is 31.3 Å². The molecule has 0 saturated carbocycles. The van der Waals surface area contributed by atoms with Crippen molar-refractivity contribution in [1.82, 2.24) is 10.0 Å². The Balaban J connectivity index is 2.07. The summed E-state index contributed by atoms with van der Waals surface area (Å²) in [6.07, 6.45) is 0.914. The second-order valence-corrected chi connectivity index (χ2v) is 7.71. The topological polar surface area (TPSA) is 67.4 Å². The second-order valence-electron chi connectivity index (χ2n) is 5.02. The molecule has 7 heteroatoms. The van der Waals surface area contributed by atoms with Crippen LogP contribution in [0.4, 0.5) is 0 Å². The fourth-order valence-electron chi connectivity index (χ4n) is 2.29. The van der Waals surface area contributed by atoms with E-state index in [1.807, 2.05) is 19.2 Å². The van der Waals surface area contributed by atoms with E-state index in [9.17, 15) is 8.42 Å². The van der Waals surface area contributed by atoms with Crippen LogP contribution < -0.4 is 10.0 Å². The van der Waals surface area contributed by atoms with Crippen molar-refractivity contribution in [2.45, 2.75) is 37.8 Å². The lowest BCUT2D eigenvalue weighted by Gasteiger charge is -2.19. The molecule has 1 aromatic rings. The smallest absolute Gasteiger partial charge is 0.241 e. The van der Waals surface area contributed by atoms with Gasteiger partial charge in [0.15, 0.2) is 0 Å². The molecule has 114 valence electrons. The van der Waals surface area contributed by atoms with E-state index < -0.39 is 10.0 Å². The lowest BCUT2D eigenvalue weighted by atomic mass is 10.0. The minimum atomic E-state index is -3.45. The first-order valence-electron chi connectivity index (χ1n) is 6.91. The largest absolute Gasteiger partial charge is 0.381 e. The zero-order valence-corrected chi connectivity index (χ0v) is 13.5. The van der Waals surface area contributed by atoms with Crippen LogP contribution in [0, 0.1) is 5.92 Å². The standard InChI is InChI=1S/C13H22N2O3S2/c1-3-14-8-12-13(5-7-19-12)20(16,17)15-10(2)11-4-6-18-9-11/h5,7,10-11,14-15H,3-4,6,8-9H2,1-2H3. The summed E-state index contributed by atoms with van der Waals surface area (Å²) in [5, 5.41) is 4.99. The zero-order valence-electron chi connectivity index (χ0n) is 11.9. The highest BCUT2D eigenvalue weighted by Crippen LogP contribution is 2.24. The van der Waals surface area contributed by atoms with E-state index >= 15 is 0 Å². The van der Waals surface area contributed by atoms with E-state index in [2.05, 4.69) is 10.0 Å². The lowest BCUT2D eigenvalue weighted by Crippen LogP contribution is -2.38. The molecule has 2 unspecified atom stereocenters. The average molecular weight is 318 g/mol. The molecule has 1 aliphatic heterocycles. The van der Waals surface area contributed by atoms with E-state index in [0.29, 0.717) is 18.0 Å². The third kappa shape index (κ3) is 3.79. The van der Waals surface area contributed by atoms with Gasteiger partial charge in [0.05, 0.1) is 11.5 Å². The maximum absolute atomic E-state index is 12.5. The van der Waals surface area contributed by atoms with Gasteiger partial charge in [-0.1, -0.05) is 6.92 Å². The van der Waals surface area contributed by atoms with Gasteiger partial charge >= 0.3 is 0 Å². The minimum absolute atomic E-state index is 0.102. The van der Waals surface area contributed by atoms with Crippen molar-refractivity contribution in [3.05, 3.63) is 16.3 Å². The summed E-state index contributed by atoms with van der Waals surface area (Å²) in [6.45, 7) is 6.68. The maximum atomic E-state index is 12.5. The molecule has 0 radical (unpaired) electrons. The molecule has 2 N–H and O–H groups in total. The molecule has 1 fully saturated rings. The van der Waals surface area contributed by atoms with Crippen LogP contribution >= 0.6 is 11.3 Å². The molecule has 2 heterocycles. The number of hydrogen-bond acceptors (Lipinski definition) is 5. The van der Waals surface area contributed by atoms with Crippen molar-refractivity contribution in [3.8, 4) is 0 Å². The molecular weight excluding hydrogens is 296 g/mol. The Bertz CT molecular complexity index is 521. The summed E-state index contributed by atoms with van der Waals surface area (Å²) in [5.74, 6) is 0.264. The molecule has 2 atom stereocenters. The Labute approximate surface area is 124 Å². The van der Waals surface area contributed by atoms with E-state index in [1.165, 1.54) is 11.3 Å². The number of rotatable bonds is 7. The van der Waals surface area contributed by atoms with Gasteiger partial charge in [0, 0.05) is 30.0 Å². The molecule has 1 saturated heterocycles. The molecule has 5 nitrogen and oxygen atoms in total. The molecule has 0 spiro atoms. The van der Waals surface area contributed by atoms with E-state index in [-0.39, 0.29) is 12.0 Å².